The quantitative estimate of drug-likeness (QED) is 0.619. The van der Waals surface area contributed by atoms with Crippen LogP contribution in [0.5, 0.6) is 0 Å². The van der Waals surface area contributed by atoms with Gasteiger partial charge in [-0.05, 0) is 62.2 Å². The van der Waals surface area contributed by atoms with Crippen molar-refractivity contribution in [2.75, 3.05) is 5.32 Å². The number of nitrogens with one attached hydrogen (secondary N) is 1. The number of anilines is 1. The zero-order valence-electron chi connectivity index (χ0n) is 14.7. The number of hydrogen-bond donors (Lipinski definition) is 1. The highest BCUT2D eigenvalue weighted by Crippen LogP contribution is 2.34. The Morgan fingerprint density at radius 3 is 2.68 bits per heavy atom. The lowest BCUT2D eigenvalue weighted by molar-refractivity contribution is 0.904. The summed E-state index contributed by atoms with van der Waals surface area (Å²) in [6.07, 6.45) is 5.11. The molecule has 0 spiro atoms. The largest absolute Gasteiger partial charge is 0.377 e. The van der Waals surface area contributed by atoms with E-state index >= 15 is 0 Å². The molecule has 0 saturated heterocycles. The number of fused-ring (bicyclic) bond motifs is 2. The van der Waals surface area contributed by atoms with Gasteiger partial charge in [0.2, 0.25) is 0 Å². The molecule has 2 heteroatoms. The van der Waals surface area contributed by atoms with E-state index in [2.05, 4.69) is 80.4 Å². The predicted molar refractivity (Wildman–Crippen MR) is 108 cm³/mol. The fraction of sp³-hybridized carbons (Fsp3) is 0.174. The first-order valence-corrected chi connectivity index (χ1v) is 8.71. The summed E-state index contributed by atoms with van der Waals surface area (Å²) in [7, 11) is 0. The van der Waals surface area contributed by atoms with E-state index in [1.54, 1.807) is 0 Å². The van der Waals surface area contributed by atoms with Gasteiger partial charge in [-0.1, -0.05) is 35.4 Å². The first-order valence-electron chi connectivity index (χ1n) is 8.71. The van der Waals surface area contributed by atoms with Crippen LogP contribution in [0.25, 0.3) is 22.6 Å². The molecule has 2 heterocycles. The molecule has 1 aliphatic heterocycles. The van der Waals surface area contributed by atoms with Gasteiger partial charge < -0.3 is 5.32 Å². The molecule has 2 nitrogen and oxygen atoms in total. The van der Waals surface area contributed by atoms with E-state index in [4.69, 9.17) is 4.98 Å². The number of hydrogen-bond acceptors (Lipinski definition) is 2. The van der Waals surface area contributed by atoms with Gasteiger partial charge in [0.25, 0.3) is 0 Å². The minimum atomic E-state index is 0.197. The zero-order chi connectivity index (χ0) is 17.4. The summed E-state index contributed by atoms with van der Waals surface area (Å²) in [5, 5.41) is 4.84. The van der Waals surface area contributed by atoms with Crippen LogP contribution in [-0.4, -0.2) is 11.0 Å². The van der Waals surface area contributed by atoms with Gasteiger partial charge in [0.05, 0.1) is 17.3 Å². The predicted octanol–water partition coefficient (Wildman–Crippen LogP) is 5.76. The summed E-state index contributed by atoms with van der Waals surface area (Å²) < 4.78 is 0. The van der Waals surface area contributed by atoms with Crippen LogP contribution < -0.4 is 5.32 Å². The van der Waals surface area contributed by atoms with E-state index in [0.29, 0.717) is 0 Å². The Kier molecular flexibility index (Phi) is 3.89. The molecule has 0 saturated carbocycles. The summed E-state index contributed by atoms with van der Waals surface area (Å²) in [6, 6.07) is 17.4. The number of benzene rings is 2. The Balaban J connectivity index is 1.85. The van der Waals surface area contributed by atoms with Gasteiger partial charge in [0.15, 0.2) is 0 Å². The first-order chi connectivity index (χ1) is 12.1. The van der Waals surface area contributed by atoms with Crippen LogP contribution in [-0.2, 0) is 0 Å². The SMILES string of the molecule is C=CCC1Nc2ccc(C)cc2C=C1c1ccc2cc(C)ccc2n1. The second-order valence-corrected chi connectivity index (χ2v) is 6.80. The molecule has 0 radical (unpaired) electrons. The monoisotopic (exact) mass is 326 g/mol. The molecule has 1 aliphatic rings. The molecule has 1 N–H and O–H groups in total. The lowest BCUT2D eigenvalue weighted by atomic mass is 9.92. The van der Waals surface area contributed by atoms with Crippen molar-refractivity contribution in [1.29, 1.82) is 0 Å². The molecule has 3 aromatic rings. The molecule has 1 unspecified atom stereocenters. The van der Waals surface area contributed by atoms with Crippen molar-refractivity contribution in [2.24, 2.45) is 0 Å². The molecule has 2 aromatic carbocycles. The van der Waals surface area contributed by atoms with Gasteiger partial charge in [-0.25, -0.2) is 4.98 Å². The van der Waals surface area contributed by atoms with E-state index in [9.17, 15) is 0 Å². The van der Waals surface area contributed by atoms with Crippen LogP contribution >= 0.6 is 0 Å². The topological polar surface area (TPSA) is 24.9 Å². The van der Waals surface area contributed by atoms with Crippen molar-refractivity contribution in [3.05, 3.63) is 83.6 Å². The van der Waals surface area contributed by atoms with Crippen LogP contribution in [0.1, 0.15) is 28.8 Å². The molecule has 0 fully saturated rings. The van der Waals surface area contributed by atoms with Crippen molar-refractivity contribution < 1.29 is 0 Å². The number of pyridine rings is 1. The van der Waals surface area contributed by atoms with Crippen LogP contribution in [0, 0.1) is 13.8 Å². The Morgan fingerprint density at radius 1 is 1.04 bits per heavy atom. The summed E-state index contributed by atoms with van der Waals surface area (Å²) in [5.41, 5.74) is 8.22. The van der Waals surface area contributed by atoms with Crippen LogP contribution in [0.3, 0.4) is 0 Å². The molecule has 124 valence electrons. The summed E-state index contributed by atoms with van der Waals surface area (Å²) in [6.45, 7) is 8.16. The highest BCUT2D eigenvalue weighted by Gasteiger charge is 2.22. The first kappa shape index (κ1) is 15.6. The molecule has 1 aromatic heterocycles. The maximum Gasteiger partial charge on any atom is 0.0709 e. The van der Waals surface area contributed by atoms with E-state index in [1.807, 2.05) is 6.08 Å². The standard InChI is InChI=1S/C23H22N2/c1-4-5-22-19(14-18-13-16(3)7-10-21(18)25-22)23-11-8-17-12-15(2)6-9-20(17)24-23/h4,6-14,22,25H,1,5H2,2-3H3. The third kappa shape index (κ3) is 2.96. The minimum absolute atomic E-state index is 0.197. The lowest BCUT2D eigenvalue weighted by Gasteiger charge is -2.28. The van der Waals surface area contributed by atoms with Crippen LogP contribution in [0.4, 0.5) is 5.69 Å². The third-order valence-electron chi connectivity index (χ3n) is 4.77. The normalized spacial score (nSPS) is 16.1. The van der Waals surface area contributed by atoms with Gasteiger partial charge in [-0.15, -0.1) is 6.58 Å². The summed E-state index contributed by atoms with van der Waals surface area (Å²) in [5.74, 6) is 0. The third-order valence-corrected chi connectivity index (χ3v) is 4.77. The maximum atomic E-state index is 4.93. The van der Waals surface area contributed by atoms with Gasteiger partial charge in [0.1, 0.15) is 0 Å². The lowest BCUT2D eigenvalue weighted by Crippen LogP contribution is -2.24. The molecule has 1 atom stereocenters. The summed E-state index contributed by atoms with van der Waals surface area (Å²) in [4.78, 5) is 4.93. The van der Waals surface area contributed by atoms with Gasteiger partial charge in [-0.2, -0.15) is 0 Å². The van der Waals surface area contributed by atoms with Crippen molar-refractivity contribution in [3.8, 4) is 0 Å². The van der Waals surface area contributed by atoms with E-state index in [-0.39, 0.29) is 6.04 Å². The Morgan fingerprint density at radius 2 is 1.84 bits per heavy atom. The summed E-state index contributed by atoms with van der Waals surface area (Å²) >= 11 is 0. The maximum absolute atomic E-state index is 4.93. The van der Waals surface area contributed by atoms with Crippen LogP contribution in [0.2, 0.25) is 0 Å². The zero-order valence-corrected chi connectivity index (χ0v) is 14.7. The molecule has 0 amide bonds. The van der Waals surface area contributed by atoms with Crippen molar-refractivity contribution >= 4 is 28.2 Å². The molecular weight excluding hydrogens is 304 g/mol. The van der Waals surface area contributed by atoms with E-state index in [0.717, 1.165) is 17.6 Å². The van der Waals surface area contributed by atoms with Crippen molar-refractivity contribution in [1.82, 2.24) is 4.98 Å². The number of aryl methyl sites for hydroxylation is 2. The highest BCUT2D eigenvalue weighted by atomic mass is 14.9. The second kappa shape index (κ2) is 6.21. The van der Waals surface area contributed by atoms with Crippen molar-refractivity contribution in [3.63, 3.8) is 0 Å². The van der Waals surface area contributed by atoms with Gasteiger partial charge >= 0.3 is 0 Å². The number of rotatable bonds is 3. The minimum Gasteiger partial charge on any atom is -0.377 e. The average molecular weight is 326 g/mol. The molecule has 4 rings (SSSR count). The molecule has 25 heavy (non-hydrogen) atoms. The van der Waals surface area contributed by atoms with E-state index < -0.39 is 0 Å². The fourth-order valence-corrected chi connectivity index (χ4v) is 3.48. The Hall–Kier alpha value is -2.87. The van der Waals surface area contributed by atoms with Crippen molar-refractivity contribution in [2.45, 2.75) is 26.3 Å². The molecular formula is C23H22N2. The highest BCUT2D eigenvalue weighted by molar-refractivity contribution is 5.93. The Labute approximate surface area is 148 Å². The smallest absolute Gasteiger partial charge is 0.0709 e. The second-order valence-electron chi connectivity index (χ2n) is 6.80. The van der Waals surface area contributed by atoms with E-state index in [1.165, 1.54) is 33.3 Å². The molecule has 0 aliphatic carbocycles. The fourth-order valence-electron chi connectivity index (χ4n) is 3.48. The molecule has 0 bridgehead atoms. The Bertz CT molecular complexity index is 998. The van der Waals surface area contributed by atoms with Crippen LogP contribution in [0.15, 0.2) is 61.2 Å². The average Bonchev–Trinajstić information content (AvgIpc) is 2.61. The van der Waals surface area contributed by atoms with Gasteiger partial charge in [-0.3, -0.25) is 0 Å². The number of aromatic nitrogens is 1. The van der Waals surface area contributed by atoms with Gasteiger partial charge in [0, 0.05) is 16.6 Å². The number of nitrogens with zero attached hydrogens (tertiary/aromatic N) is 1.